The van der Waals surface area contributed by atoms with Gasteiger partial charge in [0, 0.05) is 0 Å². The van der Waals surface area contributed by atoms with Crippen LogP contribution in [0, 0.1) is 6.92 Å². The van der Waals surface area contributed by atoms with Gasteiger partial charge in [-0.05, 0) is 18.1 Å². The molecule has 2 rings (SSSR count). The van der Waals surface area contributed by atoms with Gasteiger partial charge >= 0.3 is 0 Å². The molecular formula is C17H18. The van der Waals surface area contributed by atoms with Gasteiger partial charge in [0.25, 0.3) is 0 Å². The van der Waals surface area contributed by atoms with Crippen molar-refractivity contribution in [2.75, 3.05) is 0 Å². The van der Waals surface area contributed by atoms with E-state index < -0.39 is 0 Å². The number of hydrogen-bond acceptors (Lipinski definition) is 0. The Balaban J connectivity index is 0.000000171. The topological polar surface area (TPSA) is 0 Å². The average molecular weight is 222 g/mol. The van der Waals surface area contributed by atoms with Gasteiger partial charge < -0.3 is 0 Å². The Bertz CT molecular complexity index is 466. The lowest BCUT2D eigenvalue weighted by Crippen LogP contribution is -1.72. The Morgan fingerprint density at radius 3 is 1.76 bits per heavy atom. The van der Waals surface area contributed by atoms with E-state index in [-0.39, 0.29) is 0 Å². The predicted molar refractivity (Wildman–Crippen MR) is 77.8 cm³/mol. The summed E-state index contributed by atoms with van der Waals surface area (Å²) in [6, 6.07) is 18.3. The summed E-state index contributed by atoms with van der Waals surface area (Å²) in [4.78, 5) is 0. The van der Waals surface area contributed by atoms with E-state index >= 15 is 0 Å². The van der Waals surface area contributed by atoms with Gasteiger partial charge in [0.05, 0.1) is 0 Å². The molecule has 0 atom stereocenters. The summed E-state index contributed by atoms with van der Waals surface area (Å²) in [7, 11) is 0. The van der Waals surface area contributed by atoms with Crippen molar-refractivity contribution < 1.29 is 0 Å². The van der Waals surface area contributed by atoms with Crippen LogP contribution < -0.4 is 0 Å². The van der Waals surface area contributed by atoms with Crippen LogP contribution in [0.1, 0.15) is 16.7 Å². The Morgan fingerprint density at radius 1 is 0.765 bits per heavy atom. The van der Waals surface area contributed by atoms with Crippen molar-refractivity contribution in [1.82, 2.24) is 0 Å². The standard InChI is InChI=1S/C9H10.C8H8/c1-3-9-6-4-5-8(2)7-9;1-2-8-6-4-3-5-7-8/h3-7H,1H2,2H3;2-7H,1H2. The van der Waals surface area contributed by atoms with E-state index in [2.05, 4.69) is 32.2 Å². The molecule has 0 amide bonds. The van der Waals surface area contributed by atoms with Crippen molar-refractivity contribution in [1.29, 1.82) is 0 Å². The van der Waals surface area contributed by atoms with Gasteiger partial charge in [0.2, 0.25) is 0 Å². The number of hydrogen-bond donors (Lipinski definition) is 0. The van der Waals surface area contributed by atoms with Crippen LogP contribution in [0.2, 0.25) is 0 Å². The molecule has 0 heterocycles. The third-order valence-electron chi connectivity index (χ3n) is 2.31. The molecule has 0 fully saturated rings. The van der Waals surface area contributed by atoms with E-state index in [9.17, 15) is 0 Å². The molecule has 2 aromatic rings. The van der Waals surface area contributed by atoms with E-state index in [0.29, 0.717) is 0 Å². The second kappa shape index (κ2) is 7.24. The molecule has 0 saturated carbocycles. The Hall–Kier alpha value is -2.08. The molecule has 0 unspecified atom stereocenters. The minimum atomic E-state index is 1.17. The first-order valence-electron chi connectivity index (χ1n) is 5.63. The molecule has 0 bridgehead atoms. The van der Waals surface area contributed by atoms with Gasteiger partial charge in [0.15, 0.2) is 0 Å². The highest BCUT2D eigenvalue weighted by molar-refractivity contribution is 5.47. The Labute approximate surface area is 104 Å². The van der Waals surface area contributed by atoms with E-state index in [1.165, 1.54) is 16.7 Å². The molecule has 17 heavy (non-hydrogen) atoms. The van der Waals surface area contributed by atoms with Crippen LogP contribution in [-0.4, -0.2) is 0 Å². The van der Waals surface area contributed by atoms with Crippen molar-refractivity contribution in [3.63, 3.8) is 0 Å². The zero-order valence-corrected chi connectivity index (χ0v) is 10.3. The van der Waals surface area contributed by atoms with Crippen LogP contribution in [0.4, 0.5) is 0 Å². The molecule has 0 aliphatic rings. The molecule has 0 spiro atoms. The average Bonchev–Trinajstić information content (AvgIpc) is 2.40. The SMILES string of the molecule is C=Cc1cccc(C)c1.C=Cc1ccccc1. The number of rotatable bonds is 2. The van der Waals surface area contributed by atoms with Crippen molar-refractivity contribution >= 4 is 12.2 Å². The third-order valence-corrected chi connectivity index (χ3v) is 2.31. The summed E-state index contributed by atoms with van der Waals surface area (Å²) in [5, 5.41) is 0. The fourth-order valence-corrected chi connectivity index (χ4v) is 1.39. The van der Waals surface area contributed by atoms with Crippen molar-refractivity contribution in [3.05, 3.63) is 84.4 Å². The first-order valence-corrected chi connectivity index (χ1v) is 5.63. The van der Waals surface area contributed by atoms with Crippen LogP contribution in [-0.2, 0) is 0 Å². The summed E-state index contributed by atoms with van der Waals surface area (Å²) in [6.45, 7) is 9.38. The molecule has 0 heteroatoms. The minimum absolute atomic E-state index is 1.17. The third kappa shape index (κ3) is 4.98. The van der Waals surface area contributed by atoms with Gasteiger partial charge in [-0.1, -0.05) is 85.5 Å². The van der Waals surface area contributed by atoms with Crippen LogP contribution in [0.25, 0.3) is 12.2 Å². The van der Waals surface area contributed by atoms with Crippen molar-refractivity contribution in [3.8, 4) is 0 Å². The summed E-state index contributed by atoms with van der Waals surface area (Å²) >= 11 is 0. The van der Waals surface area contributed by atoms with E-state index in [1.54, 1.807) is 0 Å². The summed E-state index contributed by atoms with van der Waals surface area (Å²) in [5.41, 5.74) is 3.65. The van der Waals surface area contributed by atoms with Crippen LogP contribution in [0.15, 0.2) is 67.8 Å². The first-order chi connectivity index (χ1) is 8.26. The molecule has 0 aromatic heterocycles. The van der Waals surface area contributed by atoms with Crippen LogP contribution in [0.5, 0.6) is 0 Å². The molecule has 0 N–H and O–H groups in total. The molecule has 86 valence electrons. The van der Waals surface area contributed by atoms with Gasteiger partial charge in [-0.3, -0.25) is 0 Å². The maximum atomic E-state index is 3.67. The zero-order valence-electron chi connectivity index (χ0n) is 10.3. The highest BCUT2D eigenvalue weighted by Crippen LogP contribution is 2.03. The lowest BCUT2D eigenvalue weighted by atomic mass is 10.1. The summed E-state index contributed by atoms with van der Waals surface area (Å²) < 4.78 is 0. The van der Waals surface area contributed by atoms with Gasteiger partial charge in [-0.25, -0.2) is 0 Å². The van der Waals surface area contributed by atoms with Crippen molar-refractivity contribution in [2.24, 2.45) is 0 Å². The normalized spacial score (nSPS) is 8.76. The lowest BCUT2D eigenvalue weighted by Gasteiger charge is -1.92. The molecule has 0 saturated heterocycles. The highest BCUT2D eigenvalue weighted by atomic mass is 13.9. The van der Waals surface area contributed by atoms with E-state index in [0.717, 1.165) is 0 Å². The summed E-state index contributed by atoms with van der Waals surface area (Å²) in [6.07, 6.45) is 3.69. The smallest absolute Gasteiger partial charge is 0.0260 e. The Kier molecular flexibility index (Phi) is 5.53. The van der Waals surface area contributed by atoms with E-state index in [4.69, 9.17) is 0 Å². The maximum Gasteiger partial charge on any atom is -0.0260 e. The van der Waals surface area contributed by atoms with Crippen molar-refractivity contribution in [2.45, 2.75) is 6.92 Å². The minimum Gasteiger partial charge on any atom is -0.0985 e. The quantitative estimate of drug-likeness (QED) is 0.673. The van der Waals surface area contributed by atoms with Crippen LogP contribution in [0.3, 0.4) is 0 Å². The highest BCUT2D eigenvalue weighted by Gasteiger charge is 1.83. The van der Waals surface area contributed by atoms with Gasteiger partial charge in [-0.15, -0.1) is 0 Å². The summed E-state index contributed by atoms with van der Waals surface area (Å²) in [5.74, 6) is 0. The molecule has 0 nitrogen and oxygen atoms in total. The zero-order chi connectivity index (χ0) is 12.5. The number of benzene rings is 2. The number of aryl methyl sites for hydroxylation is 1. The fraction of sp³-hybridized carbons (Fsp3) is 0.0588. The largest absolute Gasteiger partial charge is 0.0985 e. The second-order valence-electron chi connectivity index (χ2n) is 3.73. The maximum absolute atomic E-state index is 3.67. The molecule has 2 aromatic carbocycles. The fourth-order valence-electron chi connectivity index (χ4n) is 1.39. The Morgan fingerprint density at radius 2 is 1.35 bits per heavy atom. The molecule has 0 radical (unpaired) electrons. The predicted octanol–water partition coefficient (Wildman–Crippen LogP) is 4.97. The van der Waals surface area contributed by atoms with E-state index in [1.807, 2.05) is 54.6 Å². The lowest BCUT2D eigenvalue weighted by molar-refractivity contribution is 1.46. The monoisotopic (exact) mass is 222 g/mol. The van der Waals surface area contributed by atoms with Crippen LogP contribution >= 0.6 is 0 Å². The van der Waals surface area contributed by atoms with Gasteiger partial charge in [-0.2, -0.15) is 0 Å². The first kappa shape index (κ1) is 13.0. The van der Waals surface area contributed by atoms with Gasteiger partial charge in [0.1, 0.15) is 0 Å². The second-order valence-corrected chi connectivity index (χ2v) is 3.73. The molecule has 0 aliphatic carbocycles. The molecule has 0 aliphatic heterocycles. The molecular weight excluding hydrogens is 204 g/mol.